The summed E-state index contributed by atoms with van der Waals surface area (Å²) in [4.78, 5) is 10.3. The van der Waals surface area contributed by atoms with Crippen LogP contribution in [0.5, 0.6) is 0 Å². The van der Waals surface area contributed by atoms with Gasteiger partial charge in [0, 0.05) is 12.5 Å². The fourth-order valence-electron chi connectivity index (χ4n) is 1.24. The number of carbonyl (C=O) groups excluding carboxylic acids is 1. The van der Waals surface area contributed by atoms with Crippen LogP contribution in [-0.2, 0) is 9.53 Å². The molecule has 16 heavy (non-hydrogen) atoms. The minimum atomic E-state index is -0.318. The zero-order valence-corrected chi connectivity index (χ0v) is 11.1. The van der Waals surface area contributed by atoms with Gasteiger partial charge in [0.25, 0.3) is 6.47 Å². The molecule has 1 heterocycles. The topological polar surface area (TPSA) is 64.3 Å². The number of hydrogen-bond acceptors (Lipinski definition) is 4. The number of thiocarbonyl (C=S) groups is 1. The van der Waals surface area contributed by atoms with Gasteiger partial charge in [-0.25, -0.2) is 0 Å². The van der Waals surface area contributed by atoms with Gasteiger partial charge in [0.15, 0.2) is 0 Å². The van der Waals surface area contributed by atoms with Crippen LogP contribution in [0.3, 0.4) is 0 Å². The molecule has 0 radical (unpaired) electrons. The van der Waals surface area contributed by atoms with Crippen LogP contribution in [0.4, 0.5) is 0 Å². The average molecular weight is 246 g/mol. The fourth-order valence-corrected chi connectivity index (χ4v) is 1.44. The van der Waals surface area contributed by atoms with Crippen molar-refractivity contribution in [2.75, 3.05) is 13.1 Å². The molecule has 0 amide bonds. The number of piperidine rings is 1. The summed E-state index contributed by atoms with van der Waals surface area (Å²) in [6, 6.07) is 0. The van der Waals surface area contributed by atoms with E-state index in [0.717, 1.165) is 13.1 Å². The van der Waals surface area contributed by atoms with Crippen molar-refractivity contribution < 1.29 is 9.53 Å². The quantitative estimate of drug-likeness (QED) is 0.567. The van der Waals surface area contributed by atoms with E-state index >= 15 is 0 Å². The molecule has 5 heteroatoms. The minimum Gasteiger partial charge on any atom is -0.462 e. The molecular formula is C11H22N2O2S. The Hall–Kier alpha value is -0.680. The minimum absolute atomic E-state index is 0.318. The molecule has 0 aliphatic carbocycles. The van der Waals surface area contributed by atoms with Gasteiger partial charge in [0.05, 0.1) is 4.99 Å². The summed E-state index contributed by atoms with van der Waals surface area (Å²) < 4.78 is 4.55. The van der Waals surface area contributed by atoms with Gasteiger partial charge >= 0.3 is 0 Å². The van der Waals surface area contributed by atoms with Crippen molar-refractivity contribution in [3.05, 3.63) is 0 Å². The molecule has 0 aromatic heterocycles. The third-order valence-corrected chi connectivity index (χ3v) is 2.43. The highest BCUT2D eigenvalue weighted by Crippen LogP contribution is 2.08. The molecule has 3 N–H and O–H groups in total. The summed E-state index contributed by atoms with van der Waals surface area (Å²) >= 11 is 4.85. The SMILES string of the molecule is CC(C)(C)OC=O.NC(=S)C1CCCNC1. The number of carbonyl (C=O) groups is 1. The molecule has 0 aromatic rings. The molecule has 1 fully saturated rings. The molecule has 94 valence electrons. The highest BCUT2D eigenvalue weighted by atomic mass is 32.1. The van der Waals surface area contributed by atoms with Crippen LogP contribution < -0.4 is 11.1 Å². The van der Waals surface area contributed by atoms with Crippen molar-refractivity contribution in [1.82, 2.24) is 5.32 Å². The summed E-state index contributed by atoms with van der Waals surface area (Å²) in [5, 5.41) is 3.25. The van der Waals surface area contributed by atoms with E-state index in [4.69, 9.17) is 18.0 Å². The van der Waals surface area contributed by atoms with E-state index in [1.54, 1.807) is 0 Å². The first-order chi connectivity index (χ1) is 7.37. The maximum absolute atomic E-state index is 9.60. The van der Waals surface area contributed by atoms with Gasteiger partial charge in [-0.2, -0.15) is 0 Å². The molecular weight excluding hydrogens is 224 g/mol. The average Bonchev–Trinajstić information content (AvgIpc) is 2.18. The van der Waals surface area contributed by atoms with Crippen LogP contribution >= 0.6 is 12.2 Å². The Morgan fingerprint density at radius 1 is 1.56 bits per heavy atom. The molecule has 1 rings (SSSR count). The van der Waals surface area contributed by atoms with Gasteiger partial charge in [-0.3, -0.25) is 4.79 Å². The van der Waals surface area contributed by atoms with Crippen molar-refractivity contribution in [2.45, 2.75) is 39.2 Å². The maximum atomic E-state index is 9.60. The lowest BCUT2D eigenvalue weighted by atomic mass is 10.0. The van der Waals surface area contributed by atoms with Crippen LogP contribution in [0, 0.1) is 5.92 Å². The molecule has 4 nitrogen and oxygen atoms in total. The van der Waals surface area contributed by atoms with E-state index in [0.29, 0.717) is 17.4 Å². The van der Waals surface area contributed by atoms with Crippen LogP contribution in [0.25, 0.3) is 0 Å². The molecule has 0 spiro atoms. The zero-order valence-electron chi connectivity index (χ0n) is 10.3. The van der Waals surface area contributed by atoms with E-state index in [-0.39, 0.29) is 5.60 Å². The zero-order chi connectivity index (χ0) is 12.6. The Bertz CT molecular complexity index is 221. The van der Waals surface area contributed by atoms with Crippen LogP contribution in [0.1, 0.15) is 33.6 Å². The largest absolute Gasteiger partial charge is 0.462 e. The molecule has 1 aliphatic heterocycles. The molecule has 0 aromatic carbocycles. The molecule has 1 unspecified atom stereocenters. The number of rotatable bonds is 2. The second-order valence-electron chi connectivity index (χ2n) is 4.77. The summed E-state index contributed by atoms with van der Waals surface area (Å²) in [5.74, 6) is 0.453. The number of hydrogen-bond donors (Lipinski definition) is 2. The summed E-state index contributed by atoms with van der Waals surface area (Å²) in [7, 11) is 0. The standard InChI is InChI=1S/C6H12N2S.C5H10O2/c7-6(9)5-2-1-3-8-4-5;1-5(2,3)7-4-6/h5,8H,1-4H2,(H2,7,9);4H,1-3H3. The van der Waals surface area contributed by atoms with Crippen molar-refractivity contribution in [3.8, 4) is 0 Å². The Morgan fingerprint density at radius 3 is 2.38 bits per heavy atom. The first kappa shape index (κ1) is 15.3. The number of nitrogens with one attached hydrogen (secondary N) is 1. The van der Waals surface area contributed by atoms with E-state index in [1.165, 1.54) is 12.8 Å². The lowest BCUT2D eigenvalue weighted by molar-refractivity contribution is -0.138. The van der Waals surface area contributed by atoms with E-state index in [2.05, 4.69) is 10.1 Å². The third kappa shape index (κ3) is 8.61. The van der Waals surface area contributed by atoms with Gasteiger partial charge in [0.1, 0.15) is 5.60 Å². The first-order valence-corrected chi connectivity index (χ1v) is 5.89. The van der Waals surface area contributed by atoms with E-state index in [1.807, 2.05) is 20.8 Å². The molecule has 1 saturated heterocycles. The lowest BCUT2D eigenvalue weighted by Crippen LogP contribution is -2.36. The van der Waals surface area contributed by atoms with Gasteiger partial charge in [0.2, 0.25) is 0 Å². The van der Waals surface area contributed by atoms with Gasteiger partial charge in [-0.05, 0) is 40.2 Å². The van der Waals surface area contributed by atoms with Crippen LogP contribution in [0.2, 0.25) is 0 Å². The normalized spacial score (nSPS) is 20.3. The molecule has 0 bridgehead atoms. The highest BCUT2D eigenvalue weighted by molar-refractivity contribution is 7.80. The number of nitrogens with two attached hydrogens (primary N) is 1. The molecule has 1 aliphatic rings. The van der Waals surface area contributed by atoms with Crippen molar-refractivity contribution in [2.24, 2.45) is 11.7 Å². The monoisotopic (exact) mass is 246 g/mol. The van der Waals surface area contributed by atoms with Gasteiger partial charge in [-0.15, -0.1) is 0 Å². The highest BCUT2D eigenvalue weighted by Gasteiger charge is 2.14. The van der Waals surface area contributed by atoms with E-state index < -0.39 is 0 Å². The predicted molar refractivity (Wildman–Crippen MR) is 69.3 cm³/mol. The summed E-state index contributed by atoms with van der Waals surface area (Å²) in [5.41, 5.74) is 5.14. The molecule has 0 saturated carbocycles. The Balaban J connectivity index is 0.000000293. The van der Waals surface area contributed by atoms with Crippen molar-refractivity contribution in [1.29, 1.82) is 0 Å². The Kier molecular flexibility index (Phi) is 7.25. The molecule has 1 atom stereocenters. The fraction of sp³-hybridized carbons (Fsp3) is 0.818. The van der Waals surface area contributed by atoms with Gasteiger partial charge in [-0.1, -0.05) is 12.2 Å². The summed E-state index contributed by atoms with van der Waals surface area (Å²) in [6.45, 7) is 8.03. The second-order valence-corrected chi connectivity index (χ2v) is 5.24. The predicted octanol–water partition coefficient (Wildman–Crippen LogP) is 1.23. The second kappa shape index (κ2) is 7.57. The van der Waals surface area contributed by atoms with Crippen LogP contribution in [-0.4, -0.2) is 30.2 Å². The maximum Gasteiger partial charge on any atom is 0.293 e. The van der Waals surface area contributed by atoms with E-state index in [9.17, 15) is 4.79 Å². The third-order valence-electron chi connectivity index (χ3n) is 2.10. The number of ether oxygens (including phenoxy) is 1. The first-order valence-electron chi connectivity index (χ1n) is 5.48. The lowest BCUT2D eigenvalue weighted by Gasteiger charge is -2.20. The smallest absolute Gasteiger partial charge is 0.293 e. The Morgan fingerprint density at radius 2 is 2.19 bits per heavy atom. The summed E-state index contributed by atoms with van der Waals surface area (Å²) in [6.07, 6.45) is 2.38. The van der Waals surface area contributed by atoms with Gasteiger partial charge < -0.3 is 15.8 Å². The van der Waals surface area contributed by atoms with Crippen molar-refractivity contribution in [3.63, 3.8) is 0 Å². The Labute approximate surface area is 103 Å². The van der Waals surface area contributed by atoms with Crippen LogP contribution in [0.15, 0.2) is 0 Å². The van der Waals surface area contributed by atoms with Crippen molar-refractivity contribution >= 4 is 23.7 Å².